The Balaban J connectivity index is 1.65. The largest absolute Gasteiger partial charge is 0.496 e. The van der Waals surface area contributed by atoms with Gasteiger partial charge in [-0.2, -0.15) is 4.99 Å². The lowest BCUT2D eigenvalue weighted by Crippen LogP contribution is -2.37. The number of hydrogen-bond donors (Lipinski definition) is 0. The van der Waals surface area contributed by atoms with Gasteiger partial charge in [-0.3, -0.25) is 4.79 Å². The summed E-state index contributed by atoms with van der Waals surface area (Å²) in [6, 6.07) is 14.7. The van der Waals surface area contributed by atoms with Gasteiger partial charge in [0.25, 0.3) is 5.91 Å². The van der Waals surface area contributed by atoms with Gasteiger partial charge in [-0.05, 0) is 24.3 Å². The van der Waals surface area contributed by atoms with E-state index in [9.17, 15) is 13.2 Å². The molecular weight excluding hydrogens is 476 g/mol. The first kappa shape index (κ1) is 20.4. The van der Waals surface area contributed by atoms with E-state index in [1.54, 1.807) is 7.11 Å². The lowest BCUT2D eigenvalue weighted by atomic mass is 10.1. The standard InChI is InChI=1S/C20H19BrN2O4S2/c1-27-17-8-3-2-5-13(17)9-19(24)22-20-23(15-7-4-6-14(21)10-15)16-11-29(25,26)12-18(16)28-20/h2-8,10,16,18H,9,11-12H2,1H3/t16-,18-/m1/s1. The van der Waals surface area contributed by atoms with Crippen molar-refractivity contribution in [1.82, 2.24) is 0 Å². The summed E-state index contributed by atoms with van der Waals surface area (Å²) >= 11 is 4.83. The van der Waals surface area contributed by atoms with Crippen molar-refractivity contribution in [3.63, 3.8) is 0 Å². The highest BCUT2D eigenvalue weighted by Gasteiger charge is 2.49. The first-order valence-corrected chi connectivity index (χ1v) is 12.5. The van der Waals surface area contributed by atoms with Crippen LogP contribution in [0.2, 0.25) is 0 Å². The summed E-state index contributed by atoms with van der Waals surface area (Å²) in [4.78, 5) is 19.0. The quantitative estimate of drug-likeness (QED) is 0.648. The molecule has 2 fully saturated rings. The van der Waals surface area contributed by atoms with E-state index in [0.29, 0.717) is 10.9 Å². The molecule has 1 amide bonds. The highest BCUT2D eigenvalue weighted by molar-refractivity contribution is 9.10. The van der Waals surface area contributed by atoms with Crippen LogP contribution in [0.1, 0.15) is 5.56 Å². The first-order valence-electron chi connectivity index (χ1n) is 9.01. The third kappa shape index (κ3) is 4.36. The number of methoxy groups -OCH3 is 1. The minimum Gasteiger partial charge on any atom is -0.496 e. The minimum absolute atomic E-state index is 0.0664. The molecule has 0 spiro atoms. The molecule has 2 aromatic carbocycles. The molecule has 0 aliphatic carbocycles. The van der Waals surface area contributed by atoms with Crippen molar-refractivity contribution in [2.75, 3.05) is 23.5 Å². The molecule has 29 heavy (non-hydrogen) atoms. The number of nitrogens with zero attached hydrogens (tertiary/aromatic N) is 2. The van der Waals surface area contributed by atoms with Gasteiger partial charge in [-0.25, -0.2) is 8.42 Å². The van der Waals surface area contributed by atoms with E-state index < -0.39 is 9.84 Å². The molecule has 0 N–H and O–H groups in total. The molecule has 2 aliphatic rings. The van der Waals surface area contributed by atoms with Crippen LogP contribution in [0, 0.1) is 0 Å². The summed E-state index contributed by atoms with van der Waals surface area (Å²) in [6.45, 7) is 0. The second kappa shape index (κ2) is 8.12. The highest BCUT2D eigenvalue weighted by Crippen LogP contribution is 2.41. The summed E-state index contributed by atoms with van der Waals surface area (Å²) in [5, 5.41) is 0.421. The number of thioether (sulfide) groups is 1. The Morgan fingerprint density at radius 2 is 2.03 bits per heavy atom. The second-order valence-corrected chi connectivity index (χ2v) is 11.2. The fourth-order valence-electron chi connectivity index (χ4n) is 3.65. The Kier molecular flexibility index (Phi) is 5.72. The Bertz CT molecular complexity index is 1090. The zero-order valence-electron chi connectivity index (χ0n) is 15.6. The number of amidine groups is 1. The van der Waals surface area contributed by atoms with Crippen LogP contribution in [0.4, 0.5) is 5.69 Å². The number of fused-ring (bicyclic) bond motifs is 1. The molecule has 0 aromatic heterocycles. The van der Waals surface area contributed by atoms with Crippen LogP contribution in [0.5, 0.6) is 5.75 Å². The summed E-state index contributed by atoms with van der Waals surface area (Å²) in [6.07, 6.45) is 0.119. The third-order valence-electron chi connectivity index (χ3n) is 4.91. The number of amides is 1. The Hall–Kier alpha value is -1.84. The van der Waals surface area contributed by atoms with Crippen molar-refractivity contribution in [2.24, 2.45) is 4.99 Å². The van der Waals surface area contributed by atoms with Crippen LogP contribution in [0.3, 0.4) is 0 Å². The fraction of sp³-hybridized carbons (Fsp3) is 0.300. The molecule has 0 radical (unpaired) electrons. The molecule has 2 saturated heterocycles. The van der Waals surface area contributed by atoms with E-state index in [1.807, 2.05) is 53.4 Å². The molecule has 4 rings (SSSR count). The van der Waals surface area contributed by atoms with Gasteiger partial charge in [-0.1, -0.05) is 52.0 Å². The second-order valence-electron chi connectivity index (χ2n) is 6.93. The predicted octanol–water partition coefficient (Wildman–Crippen LogP) is 3.30. The SMILES string of the molecule is COc1ccccc1CC(=O)N=C1S[C@@H]2CS(=O)(=O)C[C@H]2N1c1cccc(Br)c1. The molecule has 0 bridgehead atoms. The number of para-hydroxylation sites is 1. The van der Waals surface area contributed by atoms with Crippen LogP contribution in [0.15, 0.2) is 58.0 Å². The Morgan fingerprint density at radius 3 is 2.79 bits per heavy atom. The number of sulfone groups is 1. The summed E-state index contributed by atoms with van der Waals surface area (Å²) < 4.78 is 30.5. The number of carbonyl (C=O) groups excluding carboxylic acids is 1. The topological polar surface area (TPSA) is 76.0 Å². The van der Waals surface area contributed by atoms with Gasteiger partial charge in [-0.15, -0.1) is 0 Å². The van der Waals surface area contributed by atoms with E-state index in [0.717, 1.165) is 15.7 Å². The summed E-state index contributed by atoms with van der Waals surface area (Å²) in [5.41, 5.74) is 1.59. The van der Waals surface area contributed by atoms with Crippen molar-refractivity contribution in [3.8, 4) is 5.75 Å². The van der Waals surface area contributed by atoms with Gasteiger partial charge in [0.15, 0.2) is 15.0 Å². The zero-order valence-corrected chi connectivity index (χ0v) is 18.8. The monoisotopic (exact) mass is 494 g/mol. The number of halogens is 1. The smallest absolute Gasteiger partial charge is 0.252 e. The van der Waals surface area contributed by atoms with Gasteiger partial charge in [0, 0.05) is 21.0 Å². The van der Waals surface area contributed by atoms with Crippen LogP contribution >= 0.6 is 27.7 Å². The van der Waals surface area contributed by atoms with Gasteiger partial charge in [0.2, 0.25) is 0 Å². The van der Waals surface area contributed by atoms with Crippen molar-refractivity contribution in [1.29, 1.82) is 0 Å². The van der Waals surface area contributed by atoms with E-state index in [2.05, 4.69) is 20.9 Å². The molecule has 9 heteroatoms. The normalized spacial score (nSPS) is 23.9. The van der Waals surface area contributed by atoms with E-state index in [1.165, 1.54) is 11.8 Å². The Morgan fingerprint density at radius 1 is 1.24 bits per heavy atom. The van der Waals surface area contributed by atoms with Crippen molar-refractivity contribution in [3.05, 3.63) is 58.6 Å². The van der Waals surface area contributed by atoms with Gasteiger partial charge in [0.1, 0.15) is 5.75 Å². The maximum Gasteiger partial charge on any atom is 0.252 e. The molecule has 6 nitrogen and oxygen atoms in total. The number of anilines is 1. The maximum absolute atomic E-state index is 12.7. The van der Waals surface area contributed by atoms with Gasteiger partial charge >= 0.3 is 0 Å². The molecule has 2 aliphatic heterocycles. The highest BCUT2D eigenvalue weighted by atomic mass is 79.9. The lowest BCUT2D eigenvalue weighted by Gasteiger charge is -2.24. The summed E-state index contributed by atoms with van der Waals surface area (Å²) in [5.74, 6) is 0.524. The van der Waals surface area contributed by atoms with Gasteiger partial charge < -0.3 is 9.64 Å². The molecular formula is C20H19BrN2O4S2. The van der Waals surface area contributed by atoms with Crippen LogP contribution < -0.4 is 9.64 Å². The van der Waals surface area contributed by atoms with Crippen molar-refractivity contribution < 1.29 is 17.9 Å². The number of hydrogen-bond acceptors (Lipinski definition) is 5. The zero-order chi connectivity index (χ0) is 20.6. The molecule has 2 aromatic rings. The van der Waals surface area contributed by atoms with Crippen molar-refractivity contribution in [2.45, 2.75) is 17.7 Å². The predicted molar refractivity (Wildman–Crippen MR) is 120 cm³/mol. The van der Waals surface area contributed by atoms with Crippen LogP contribution in [-0.4, -0.2) is 49.4 Å². The fourth-order valence-corrected chi connectivity index (χ4v) is 7.97. The average molecular weight is 495 g/mol. The number of aliphatic imine (C=N–C) groups is 1. The number of carbonyl (C=O) groups is 1. The summed E-state index contributed by atoms with van der Waals surface area (Å²) in [7, 11) is -1.53. The molecule has 2 heterocycles. The number of ether oxygens (including phenoxy) is 1. The van der Waals surface area contributed by atoms with Crippen LogP contribution in [0.25, 0.3) is 0 Å². The molecule has 0 unspecified atom stereocenters. The van der Waals surface area contributed by atoms with Gasteiger partial charge in [0.05, 0.1) is 31.1 Å². The van der Waals surface area contributed by atoms with Crippen molar-refractivity contribution >= 4 is 54.3 Å². The molecule has 152 valence electrons. The van der Waals surface area contributed by atoms with E-state index in [4.69, 9.17) is 4.74 Å². The number of rotatable bonds is 4. The van der Waals surface area contributed by atoms with E-state index >= 15 is 0 Å². The third-order valence-corrected chi connectivity index (χ3v) is 8.61. The Labute approximate surface area is 182 Å². The number of benzene rings is 2. The molecule has 0 saturated carbocycles. The van der Waals surface area contributed by atoms with Crippen LogP contribution in [-0.2, 0) is 21.1 Å². The molecule has 2 atom stereocenters. The average Bonchev–Trinajstić information content (AvgIpc) is 3.12. The minimum atomic E-state index is -3.10. The lowest BCUT2D eigenvalue weighted by molar-refractivity contribution is -0.117. The maximum atomic E-state index is 12.7. The van der Waals surface area contributed by atoms with E-state index in [-0.39, 0.29) is 35.1 Å². The first-order chi connectivity index (χ1) is 13.9.